The number of halogens is 2. The maximum absolute atomic E-state index is 6.24. The van der Waals surface area contributed by atoms with E-state index in [1.807, 2.05) is 0 Å². The summed E-state index contributed by atoms with van der Waals surface area (Å²) in [5.74, 6) is 0.616. The molecule has 0 aliphatic carbocycles. The second-order valence-corrected chi connectivity index (χ2v) is 6.22. The molecule has 110 valence electrons. The predicted octanol–water partition coefficient (Wildman–Crippen LogP) is 3.27. The Morgan fingerprint density at radius 3 is 2.75 bits per heavy atom. The van der Waals surface area contributed by atoms with Crippen molar-refractivity contribution >= 4 is 23.2 Å². The Labute approximate surface area is 129 Å². The van der Waals surface area contributed by atoms with Crippen LogP contribution in [0.3, 0.4) is 0 Å². The van der Waals surface area contributed by atoms with Crippen LogP contribution in [0, 0.1) is 0 Å². The van der Waals surface area contributed by atoms with E-state index in [1.54, 1.807) is 0 Å². The van der Waals surface area contributed by atoms with E-state index in [9.17, 15) is 0 Å². The standard InChI is InChI=1S/C14H19Cl2N3O/c1-2-4-10-12(15)17-14(18-13(10)16)11-7-19-6-3-5-9(19)8-20-11/h9,11H,2-8H2,1H3. The first-order valence-corrected chi connectivity index (χ1v) is 8.02. The fourth-order valence-corrected chi connectivity index (χ4v) is 3.61. The zero-order valence-electron chi connectivity index (χ0n) is 11.6. The molecular weight excluding hydrogens is 297 g/mol. The van der Waals surface area contributed by atoms with Gasteiger partial charge in [-0.15, -0.1) is 0 Å². The van der Waals surface area contributed by atoms with Gasteiger partial charge in [-0.05, 0) is 25.8 Å². The van der Waals surface area contributed by atoms with Crippen LogP contribution in [-0.2, 0) is 11.2 Å². The summed E-state index contributed by atoms with van der Waals surface area (Å²) in [4.78, 5) is 11.3. The molecule has 2 saturated heterocycles. The first kappa shape index (κ1) is 14.5. The van der Waals surface area contributed by atoms with Crippen molar-refractivity contribution in [2.45, 2.75) is 44.8 Å². The molecule has 0 bridgehead atoms. The normalized spacial score (nSPS) is 26.8. The fourth-order valence-electron chi connectivity index (χ4n) is 3.02. The summed E-state index contributed by atoms with van der Waals surface area (Å²) in [5, 5.41) is 0.933. The Hall–Kier alpha value is -0.420. The van der Waals surface area contributed by atoms with E-state index < -0.39 is 0 Å². The number of fused-ring (bicyclic) bond motifs is 1. The second kappa shape index (κ2) is 6.14. The highest BCUT2D eigenvalue weighted by molar-refractivity contribution is 6.34. The van der Waals surface area contributed by atoms with Crippen molar-refractivity contribution in [2.24, 2.45) is 0 Å². The van der Waals surface area contributed by atoms with Crippen LogP contribution in [0.2, 0.25) is 10.3 Å². The number of nitrogens with zero attached hydrogens (tertiary/aromatic N) is 3. The molecule has 0 amide bonds. The van der Waals surface area contributed by atoms with E-state index in [2.05, 4.69) is 21.8 Å². The van der Waals surface area contributed by atoms with Gasteiger partial charge in [0.25, 0.3) is 0 Å². The number of aromatic nitrogens is 2. The quantitative estimate of drug-likeness (QED) is 0.802. The molecule has 2 aliphatic rings. The minimum atomic E-state index is -0.116. The molecule has 0 saturated carbocycles. The van der Waals surface area contributed by atoms with Gasteiger partial charge in [-0.3, -0.25) is 4.90 Å². The molecule has 0 N–H and O–H groups in total. The van der Waals surface area contributed by atoms with Gasteiger partial charge in [-0.2, -0.15) is 0 Å². The van der Waals surface area contributed by atoms with Crippen LogP contribution in [0.1, 0.15) is 43.7 Å². The average Bonchev–Trinajstić information content (AvgIpc) is 2.90. The Morgan fingerprint density at radius 2 is 2.05 bits per heavy atom. The average molecular weight is 316 g/mol. The predicted molar refractivity (Wildman–Crippen MR) is 79.3 cm³/mol. The first-order chi connectivity index (χ1) is 9.69. The minimum absolute atomic E-state index is 0.116. The van der Waals surface area contributed by atoms with E-state index in [0.717, 1.165) is 38.1 Å². The lowest BCUT2D eigenvalue weighted by molar-refractivity contribution is -0.0541. The molecule has 0 spiro atoms. The number of ether oxygens (including phenoxy) is 1. The molecule has 2 unspecified atom stereocenters. The molecule has 3 heterocycles. The summed E-state index contributed by atoms with van der Waals surface area (Å²) in [6.45, 7) is 4.81. The van der Waals surface area contributed by atoms with Gasteiger partial charge in [-0.25, -0.2) is 9.97 Å². The molecule has 2 fully saturated rings. The van der Waals surface area contributed by atoms with Gasteiger partial charge in [0.05, 0.1) is 6.61 Å². The van der Waals surface area contributed by atoms with E-state index in [4.69, 9.17) is 27.9 Å². The lowest BCUT2D eigenvalue weighted by Crippen LogP contribution is -2.42. The Morgan fingerprint density at radius 1 is 1.30 bits per heavy atom. The third-order valence-corrected chi connectivity index (χ3v) is 4.73. The molecule has 20 heavy (non-hydrogen) atoms. The summed E-state index contributed by atoms with van der Waals surface area (Å²) in [6.07, 6.45) is 4.13. The number of hydrogen-bond donors (Lipinski definition) is 0. The molecule has 3 rings (SSSR count). The van der Waals surface area contributed by atoms with Crippen molar-refractivity contribution in [3.05, 3.63) is 21.7 Å². The highest BCUT2D eigenvalue weighted by Crippen LogP contribution is 2.31. The SMILES string of the molecule is CCCc1c(Cl)nc(C2CN3CCCC3CO2)nc1Cl. The minimum Gasteiger partial charge on any atom is -0.367 e. The number of hydrogen-bond acceptors (Lipinski definition) is 4. The third-order valence-electron chi connectivity index (χ3n) is 4.10. The van der Waals surface area contributed by atoms with Crippen molar-refractivity contribution in [1.82, 2.24) is 14.9 Å². The van der Waals surface area contributed by atoms with Crippen LogP contribution in [0.25, 0.3) is 0 Å². The largest absolute Gasteiger partial charge is 0.367 e. The van der Waals surface area contributed by atoms with Gasteiger partial charge in [-0.1, -0.05) is 36.5 Å². The van der Waals surface area contributed by atoms with Crippen LogP contribution >= 0.6 is 23.2 Å². The van der Waals surface area contributed by atoms with Gasteiger partial charge in [0.2, 0.25) is 0 Å². The van der Waals surface area contributed by atoms with Crippen molar-refractivity contribution < 1.29 is 4.74 Å². The van der Waals surface area contributed by atoms with E-state index in [0.29, 0.717) is 22.2 Å². The summed E-state index contributed by atoms with van der Waals surface area (Å²) in [6, 6.07) is 0.566. The topological polar surface area (TPSA) is 38.2 Å². The van der Waals surface area contributed by atoms with Crippen molar-refractivity contribution in [1.29, 1.82) is 0 Å². The van der Waals surface area contributed by atoms with Crippen molar-refractivity contribution in [2.75, 3.05) is 19.7 Å². The lowest BCUT2D eigenvalue weighted by Gasteiger charge is -2.34. The molecule has 1 aromatic rings. The summed E-state index contributed by atoms with van der Waals surface area (Å²) in [7, 11) is 0. The van der Waals surface area contributed by atoms with Gasteiger partial charge >= 0.3 is 0 Å². The van der Waals surface area contributed by atoms with Crippen LogP contribution in [-0.4, -0.2) is 40.6 Å². The van der Waals surface area contributed by atoms with Gasteiger partial charge in [0.1, 0.15) is 16.4 Å². The molecule has 2 aliphatic heterocycles. The molecule has 4 nitrogen and oxygen atoms in total. The summed E-state index contributed by atoms with van der Waals surface area (Å²) >= 11 is 12.5. The number of morpholine rings is 1. The maximum Gasteiger partial charge on any atom is 0.161 e. The van der Waals surface area contributed by atoms with E-state index in [-0.39, 0.29) is 6.10 Å². The van der Waals surface area contributed by atoms with E-state index in [1.165, 1.54) is 12.8 Å². The van der Waals surface area contributed by atoms with Gasteiger partial charge < -0.3 is 4.74 Å². The maximum atomic E-state index is 6.24. The number of rotatable bonds is 3. The van der Waals surface area contributed by atoms with Gasteiger partial charge in [0.15, 0.2) is 5.82 Å². The molecule has 2 atom stereocenters. The lowest BCUT2D eigenvalue weighted by atomic mass is 10.1. The summed E-state index contributed by atoms with van der Waals surface area (Å²) in [5.41, 5.74) is 0.842. The second-order valence-electron chi connectivity index (χ2n) is 5.50. The van der Waals surface area contributed by atoms with E-state index >= 15 is 0 Å². The smallest absolute Gasteiger partial charge is 0.161 e. The molecular formula is C14H19Cl2N3O. The highest BCUT2D eigenvalue weighted by atomic mass is 35.5. The zero-order chi connectivity index (χ0) is 14.1. The van der Waals surface area contributed by atoms with Crippen LogP contribution in [0.5, 0.6) is 0 Å². The van der Waals surface area contributed by atoms with Crippen LogP contribution in [0.15, 0.2) is 0 Å². The monoisotopic (exact) mass is 315 g/mol. The Bertz CT molecular complexity index is 474. The fraction of sp³-hybridized carbons (Fsp3) is 0.714. The third kappa shape index (κ3) is 2.80. The first-order valence-electron chi connectivity index (χ1n) is 7.26. The van der Waals surface area contributed by atoms with Crippen LogP contribution in [0.4, 0.5) is 0 Å². The zero-order valence-corrected chi connectivity index (χ0v) is 13.1. The van der Waals surface area contributed by atoms with Crippen molar-refractivity contribution in [3.8, 4) is 0 Å². The molecule has 1 aromatic heterocycles. The van der Waals surface area contributed by atoms with Gasteiger partial charge in [0, 0.05) is 18.2 Å². The van der Waals surface area contributed by atoms with Crippen molar-refractivity contribution in [3.63, 3.8) is 0 Å². The highest BCUT2D eigenvalue weighted by Gasteiger charge is 2.34. The molecule has 6 heteroatoms. The summed E-state index contributed by atoms with van der Waals surface area (Å²) < 4.78 is 5.90. The molecule has 0 aromatic carbocycles. The Balaban J connectivity index is 1.80. The molecule has 0 radical (unpaired) electrons. The Kier molecular flexibility index (Phi) is 4.46. The van der Waals surface area contributed by atoms with Crippen LogP contribution < -0.4 is 0 Å².